The quantitative estimate of drug-likeness (QED) is 0.921. The fourth-order valence-electron chi connectivity index (χ4n) is 1.98. The summed E-state index contributed by atoms with van der Waals surface area (Å²) in [5.74, 6) is 0.943. The van der Waals surface area contributed by atoms with E-state index in [-0.39, 0.29) is 0 Å². The summed E-state index contributed by atoms with van der Waals surface area (Å²) in [4.78, 5) is 2.13. The standard InChI is InChI=1S/C14H17ClN2O/c1-10-12(5-6-18-10)9-17(2)14-7-13(15)4-3-11(14)8-16/h3-7H,8-9,16H2,1-2H3. The molecule has 0 radical (unpaired) electrons. The Hall–Kier alpha value is -1.45. The van der Waals surface area contributed by atoms with Crippen LogP contribution in [0.2, 0.25) is 5.02 Å². The SMILES string of the molecule is Cc1occc1CN(C)c1cc(Cl)ccc1CN. The number of hydrogen-bond donors (Lipinski definition) is 1. The minimum Gasteiger partial charge on any atom is -0.469 e. The van der Waals surface area contributed by atoms with Crippen molar-refractivity contribution >= 4 is 17.3 Å². The van der Waals surface area contributed by atoms with Crippen molar-refractivity contribution in [3.8, 4) is 0 Å². The zero-order valence-corrected chi connectivity index (χ0v) is 11.4. The van der Waals surface area contributed by atoms with Crippen LogP contribution in [0.4, 0.5) is 5.69 Å². The van der Waals surface area contributed by atoms with Crippen molar-refractivity contribution in [2.45, 2.75) is 20.0 Å². The van der Waals surface area contributed by atoms with Gasteiger partial charge in [-0.2, -0.15) is 0 Å². The van der Waals surface area contributed by atoms with Crippen LogP contribution in [0, 0.1) is 6.92 Å². The van der Waals surface area contributed by atoms with E-state index < -0.39 is 0 Å². The molecule has 18 heavy (non-hydrogen) atoms. The zero-order valence-electron chi connectivity index (χ0n) is 10.6. The number of furan rings is 1. The molecule has 0 aliphatic rings. The summed E-state index contributed by atoms with van der Waals surface area (Å²) >= 11 is 6.05. The minimum atomic E-state index is 0.501. The molecule has 96 valence electrons. The highest BCUT2D eigenvalue weighted by molar-refractivity contribution is 6.30. The summed E-state index contributed by atoms with van der Waals surface area (Å²) in [6, 6.07) is 7.76. The Bertz CT molecular complexity index is 536. The fourth-order valence-corrected chi connectivity index (χ4v) is 2.15. The molecule has 3 nitrogen and oxygen atoms in total. The third kappa shape index (κ3) is 2.68. The number of halogens is 1. The van der Waals surface area contributed by atoms with Gasteiger partial charge in [-0.25, -0.2) is 0 Å². The van der Waals surface area contributed by atoms with E-state index >= 15 is 0 Å². The van der Waals surface area contributed by atoms with Crippen molar-refractivity contribution in [1.29, 1.82) is 0 Å². The fraction of sp³-hybridized carbons (Fsp3) is 0.286. The number of aryl methyl sites for hydroxylation is 1. The summed E-state index contributed by atoms with van der Waals surface area (Å²) in [7, 11) is 2.03. The van der Waals surface area contributed by atoms with Gasteiger partial charge in [0.25, 0.3) is 0 Å². The van der Waals surface area contributed by atoms with Crippen LogP contribution in [0.5, 0.6) is 0 Å². The molecule has 2 N–H and O–H groups in total. The maximum atomic E-state index is 6.05. The molecule has 1 aromatic heterocycles. The molecule has 2 aromatic rings. The molecule has 0 spiro atoms. The summed E-state index contributed by atoms with van der Waals surface area (Å²) < 4.78 is 5.30. The first-order valence-corrected chi connectivity index (χ1v) is 6.22. The molecule has 1 aromatic carbocycles. The molecular weight excluding hydrogens is 248 g/mol. The van der Waals surface area contributed by atoms with Gasteiger partial charge in [0, 0.05) is 36.4 Å². The molecule has 0 saturated carbocycles. The van der Waals surface area contributed by atoms with Crippen LogP contribution in [-0.4, -0.2) is 7.05 Å². The van der Waals surface area contributed by atoms with Crippen LogP contribution in [0.1, 0.15) is 16.9 Å². The largest absolute Gasteiger partial charge is 0.469 e. The van der Waals surface area contributed by atoms with Gasteiger partial charge in [0.05, 0.1) is 6.26 Å². The van der Waals surface area contributed by atoms with E-state index in [2.05, 4.69) is 4.90 Å². The van der Waals surface area contributed by atoms with Gasteiger partial charge < -0.3 is 15.1 Å². The minimum absolute atomic E-state index is 0.501. The third-order valence-corrected chi connectivity index (χ3v) is 3.29. The summed E-state index contributed by atoms with van der Waals surface area (Å²) in [5, 5.41) is 0.720. The average Bonchev–Trinajstić information content (AvgIpc) is 2.75. The third-order valence-electron chi connectivity index (χ3n) is 3.05. The van der Waals surface area contributed by atoms with Gasteiger partial charge in [-0.15, -0.1) is 0 Å². The smallest absolute Gasteiger partial charge is 0.105 e. The summed E-state index contributed by atoms with van der Waals surface area (Å²) in [5.41, 5.74) is 9.07. The lowest BCUT2D eigenvalue weighted by atomic mass is 10.1. The molecule has 0 aliphatic carbocycles. The van der Waals surface area contributed by atoms with Crippen LogP contribution in [-0.2, 0) is 13.1 Å². The highest BCUT2D eigenvalue weighted by Gasteiger charge is 2.10. The van der Waals surface area contributed by atoms with E-state index in [1.165, 1.54) is 5.56 Å². The molecule has 0 fully saturated rings. The van der Waals surface area contributed by atoms with Gasteiger partial charge >= 0.3 is 0 Å². The molecular formula is C14H17ClN2O. The number of nitrogens with two attached hydrogens (primary N) is 1. The number of hydrogen-bond acceptors (Lipinski definition) is 3. The van der Waals surface area contributed by atoms with Crippen molar-refractivity contribution in [3.63, 3.8) is 0 Å². The topological polar surface area (TPSA) is 42.4 Å². The Morgan fingerprint density at radius 1 is 1.28 bits per heavy atom. The Kier molecular flexibility index (Phi) is 3.94. The highest BCUT2D eigenvalue weighted by Crippen LogP contribution is 2.25. The van der Waals surface area contributed by atoms with Crippen LogP contribution >= 0.6 is 11.6 Å². The first kappa shape index (κ1) is 13.0. The van der Waals surface area contributed by atoms with Crippen molar-refractivity contribution in [2.75, 3.05) is 11.9 Å². The van der Waals surface area contributed by atoms with E-state index in [1.54, 1.807) is 6.26 Å². The van der Waals surface area contributed by atoms with E-state index in [0.717, 1.165) is 28.6 Å². The van der Waals surface area contributed by atoms with Crippen molar-refractivity contribution in [2.24, 2.45) is 5.73 Å². The van der Waals surface area contributed by atoms with Crippen molar-refractivity contribution < 1.29 is 4.42 Å². The Morgan fingerprint density at radius 3 is 2.67 bits per heavy atom. The van der Waals surface area contributed by atoms with Crippen LogP contribution < -0.4 is 10.6 Å². The second-order valence-corrected chi connectivity index (χ2v) is 4.77. The molecule has 4 heteroatoms. The summed E-state index contributed by atoms with van der Waals surface area (Å²) in [6.07, 6.45) is 1.71. The Morgan fingerprint density at radius 2 is 2.06 bits per heavy atom. The maximum absolute atomic E-state index is 6.05. The van der Waals surface area contributed by atoms with Crippen molar-refractivity contribution in [1.82, 2.24) is 0 Å². The van der Waals surface area contributed by atoms with Gasteiger partial charge in [0.1, 0.15) is 5.76 Å². The monoisotopic (exact) mass is 264 g/mol. The Balaban J connectivity index is 2.25. The predicted molar refractivity (Wildman–Crippen MR) is 74.9 cm³/mol. The van der Waals surface area contributed by atoms with Crippen LogP contribution in [0.25, 0.3) is 0 Å². The Labute approximate surface area is 112 Å². The number of rotatable bonds is 4. The van der Waals surface area contributed by atoms with Crippen molar-refractivity contribution in [3.05, 3.63) is 52.4 Å². The first-order chi connectivity index (χ1) is 8.61. The first-order valence-electron chi connectivity index (χ1n) is 5.84. The second kappa shape index (κ2) is 5.46. The lowest BCUT2D eigenvalue weighted by Gasteiger charge is -2.22. The van der Waals surface area contributed by atoms with Gasteiger partial charge in [0.2, 0.25) is 0 Å². The van der Waals surface area contributed by atoms with Gasteiger partial charge in [-0.3, -0.25) is 0 Å². The second-order valence-electron chi connectivity index (χ2n) is 4.34. The summed E-state index contributed by atoms with van der Waals surface area (Å²) in [6.45, 7) is 3.24. The van der Waals surface area contributed by atoms with E-state index in [4.69, 9.17) is 21.8 Å². The van der Waals surface area contributed by atoms with E-state index in [1.807, 2.05) is 38.2 Å². The van der Waals surface area contributed by atoms with Crippen LogP contribution in [0.15, 0.2) is 34.9 Å². The lowest BCUT2D eigenvalue weighted by Crippen LogP contribution is -2.19. The van der Waals surface area contributed by atoms with Crippen LogP contribution in [0.3, 0.4) is 0 Å². The number of benzene rings is 1. The lowest BCUT2D eigenvalue weighted by molar-refractivity contribution is 0.529. The number of anilines is 1. The van der Waals surface area contributed by atoms with Gasteiger partial charge in [0.15, 0.2) is 0 Å². The molecule has 0 unspecified atom stereocenters. The zero-order chi connectivity index (χ0) is 13.1. The molecule has 1 heterocycles. The maximum Gasteiger partial charge on any atom is 0.105 e. The molecule has 0 bridgehead atoms. The highest BCUT2D eigenvalue weighted by atomic mass is 35.5. The van der Waals surface area contributed by atoms with Gasteiger partial charge in [-0.1, -0.05) is 17.7 Å². The molecule has 0 aliphatic heterocycles. The normalized spacial score (nSPS) is 10.7. The van der Waals surface area contributed by atoms with Gasteiger partial charge in [-0.05, 0) is 30.7 Å². The van der Waals surface area contributed by atoms with E-state index in [0.29, 0.717) is 6.54 Å². The molecule has 0 atom stereocenters. The average molecular weight is 265 g/mol. The predicted octanol–water partition coefficient (Wildman–Crippen LogP) is 3.34. The van der Waals surface area contributed by atoms with E-state index in [9.17, 15) is 0 Å². The number of nitrogens with zero attached hydrogens (tertiary/aromatic N) is 1. The molecule has 0 amide bonds. The molecule has 0 saturated heterocycles. The molecule has 2 rings (SSSR count).